The number of esters is 1. The van der Waals surface area contributed by atoms with Crippen molar-refractivity contribution in [1.82, 2.24) is 0 Å². The fourth-order valence-corrected chi connectivity index (χ4v) is 4.02. The number of hydrogen-bond donors (Lipinski definition) is 0. The lowest BCUT2D eigenvalue weighted by Gasteiger charge is -2.20. The van der Waals surface area contributed by atoms with Gasteiger partial charge in [-0.25, -0.2) is 0 Å². The maximum Gasteiger partial charge on any atom is 0.305 e. The standard InChI is InChI=1S/C21H34N2O9/c1-3-4-7-10-16(31-22(26)27)13-14-18-17(19(24)15-20(18)32-23(28)29)11-8-5-6-9-12-21(25)30-2/h13-14,16-18,20H,3-12,15H2,1-2H3/b14-13+/t16-,17+,18-,20+/m0/s1. The smallest absolute Gasteiger partial charge is 0.305 e. The van der Waals surface area contributed by atoms with Crippen molar-refractivity contribution in [2.45, 2.75) is 89.8 Å². The molecule has 1 rings (SSSR count). The van der Waals surface area contributed by atoms with Gasteiger partial charge in [0, 0.05) is 24.7 Å². The molecular weight excluding hydrogens is 424 g/mol. The zero-order chi connectivity index (χ0) is 23.9. The second-order valence-corrected chi connectivity index (χ2v) is 8.00. The van der Waals surface area contributed by atoms with Crippen LogP contribution in [0.1, 0.15) is 77.6 Å². The van der Waals surface area contributed by atoms with Crippen LogP contribution in [0, 0.1) is 32.1 Å². The first-order chi connectivity index (χ1) is 15.3. The van der Waals surface area contributed by atoms with E-state index < -0.39 is 34.2 Å². The second-order valence-electron chi connectivity index (χ2n) is 8.00. The zero-order valence-corrected chi connectivity index (χ0v) is 18.8. The summed E-state index contributed by atoms with van der Waals surface area (Å²) in [6, 6.07) is 0. The van der Waals surface area contributed by atoms with E-state index in [0.29, 0.717) is 25.7 Å². The van der Waals surface area contributed by atoms with Crippen LogP contribution >= 0.6 is 0 Å². The van der Waals surface area contributed by atoms with Gasteiger partial charge in [0.2, 0.25) is 0 Å². The molecule has 4 atom stereocenters. The molecule has 0 aromatic heterocycles. The molecule has 1 aliphatic carbocycles. The predicted octanol–water partition coefficient (Wildman–Crippen LogP) is 4.00. The number of methoxy groups -OCH3 is 1. The third-order valence-electron chi connectivity index (χ3n) is 5.67. The van der Waals surface area contributed by atoms with E-state index in [1.54, 1.807) is 6.08 Å². The van der Waals surface area contributed by atoms with Gasteiger partial charge >= 0.3 is 5.97 Å². The minimum atomic E-state index is -0.912. The number of Topliss-reactive ketones (excluding diaryl/α,β-unsaturated/α-hetero) is 1. The van der Waals surface area contributed by atoms with Crippen molar-refractivity contribution in [3.8, 4) is 0 Å². The van der Waals surface area contributed by atoms with E-state index in [4.69, 9.17) is 9.68 Å². The second kappa shape index (κ2) is 15.1. The summed E-state index contributed by atoms with van der Waals surface area (Å²) in [5.41, 5.74) is 0. The van der Waals surface area contributed by atoms with Crippen LogP contribution in [0.3, 0.4) is 0 Å². The Balaban J connectivity index is 2.75. The molecule has 0 radical (unpaired) electrons. The molecule has 1 aliphatic rings. The lowest BCUT2D eigenvalue weighted by atomic mass is 9.88. The van der Waals surface area contributed by atoms with Gasteiger partial charge in [0.05, 0.1) is 7.11 Å². The Bertz CT molecular complexity index is 653. The lowest BCUT2D eigenvalue weighted by Crippen LogP contribution is -2.24. The Kier molecular flexibility index (Phi) is 12.9. The number of carbonyl (C=O) groups is 2. The Morgan fingerprint density at radius 3 is 2.47 bits per heavy atom. The van der Waals surface area contributed by atoms with Gasteiger partial charge in [-0.2, -0.15) is 0 Å². The number of hydrogen-bond acceptors (Lipinski definition) is 9. The number of ether oxygens (including phenoxy) is 1. The van der Waals surface area contributed by atoms with Crippen molar-refractivity contribution in [3.63, 3.8) is 0 Å². The lowest BCUT2D eigenvalue weighted by molar-refractivity contribution is -0.769. The van der Waals surface area contributed by atoms with Crippen LogP contribution in [0.5, 0.6) is 0 Å². The predicted molar refractivity (Wildman–Crippen MR) is 113 cm³/mol. The molecule has 182 valence electrons. The van der Waals surface area contributed by atoms with Gasteiger partial charge in [-0.05, 0) is 19.3 Å². The summed E-state index contributed by atoms with van der Waals surface area (Å²) in [5, 5.41) is 19.9. The molecule has 0 aromatic carbocycles. The minimum absolute atomic E-state index is 0.0699. The van der Waals surface area contributed by atoms with E-state index in [2.05, 4.69) is 4.74 Å². The highest BCUT2D eigenvalue weighted by Crippen LogP contribution is 2.36. The van der Waals surface area contributed by atoms with Crippen molar-refractivity contribution in [2.75, 3.05) is 7.11 Å². The highest BCUT2D eigenvalue weighted by atomic mass is 17.0. The van der Waals surface area contributed by atoms with Gasteiger partial charge in [-0.15, -0.1) is 20.2 Å². The molecule has 0 amide bonds. The van der Waals surface area contributed by atoms with Gasteiger partial charge in [0.15, 0.2) is 0 Å². The Morgan fingerprint density at radius 1 is 1.12 bits per heavy atom. The monoisotopic (exact) mass is 458 g/mol. The minimum Gasteiger partial charge on any atom is -0.469 e. The third kappa shape index (κ3) is 10.5. The maximum atomic E-state index is 12.5. The number of ketones is 1. The van der Waals surface area contributed by atoms with Gasteiger partial charge in [-0.1, -0.05) is 57.6 Å². The third-order valence-corrected chi connectivity index (χ3v) is 5.67. The average Bonchev–Trinajstić information content (AvgIpc) is 3.01. The quantitative estimate of drug-likeness (QED) is 0.104. The van der Waals surface area contributed by atoms with Crippen LogP contribution in [0.4, 0.5) is 0 Å². The molecule has 0 bridgehead atoms. The molecule has 11 heteroatoms. The van der Waals surface area contributed by atoms with Crippen LogP contribution in [0.2, 0.25) is 0 Å². The molecule has 0 saturated heterocycles. The number of rotatable bonds is 17. The van der Waals surface area contributed by atoms with Gasteiger partial charge in [-0.3, -0.25) is 9.59 Å². The summed E-state index contributed by atoms with van der Waals surface area (Å²) in [7, 11) is 1.34. The summed E-state index contributed by atoms with van der Waals surface area (Å²) in [4.78, 5) is 54.8. The van der Waals surface area contributed by atoms with E-state index in [1.807, 2.05) is 6.92 Å². The van der Waals surface area contributed by atoms with Gasteiger partial charge < -0.3 is 14.4 Å². The summed E-state index contributed by atoms with van der Waals surface area (Å²) in [6.07, 6.45) is 8.32. The van der Waals surface area contributed by atoms with Crippen LogP contribution in [0.25, 0.3) is 0 Å². The summed E-state index contributed by atoms with van der Waals surface area (Å²) in [6.45, 7) is 2.02. The Labute approximate surface area is 187 Å². The Morgan fingerprint density at radius 2 is 1.84 bits per heavy atom. The van der Waals surface area contributed by atoms with Crippen molar-refractivity contribution in [3.05, 3.63) is 32.4 Å². The molecule has 1 saturated carbocycles. The van der Waals surface area contributed by atoms with Crippen molar-refractivity contribution in [2.24, 2.45) is 11.8 Å². The largest absolute Gasteiger partial charge is 0.469 e. The van der Waals surface area contributed by atoms with Crippen molar-refractivity contribution >= 4 is 11.8 Å². The fraction of sp³-hybridized carbons (Fsp3) is 0.810. The van der Waals surface area contributed by atoms with E-state index in [-0.39, 0.29) is 18.2 Å². The van der Waals surface area contributed by atoms with E-state index >= 15 is 0 Å². The van der Waals surface area contributed by atoms with Crippen LogP contribution in [-0.2, 0) is 24.0 Å². The molecule has 0 aromatic rings. The topological polar surface area (TPSA) is 148 Å². The van der Waals surface area contributed by atoms with E-state index in [1.165, 1.54) is 13.2 Å². The van der Waals surface area contributed by atoms with Crippen molar-refractivity contribution < 1.29 is 34.2 Å². The molecule has 11 nitrogen and oxygen atoms in total. The van der Waals surface area contributed by atoms with E-state index in [9.17, 15) is 29.8 Å². The van der Waals surface area contributed by atoms with Crippen LogP contribution < -0.4 is 0 Å². The molecule has 0 heterocycles. The highest BCUT2D eigenvalue weighted by molar-refractivity contribution is 5.84. The number of nitrogens with zero attached hydrogens (tertiary/aromatic N) is 2. The molecule has 0 spiro atoms. The highest BCUT2D eigenvalue weighted by Gasteiger charge is 2.42. The van der Waals surface area contributed by atoms with Crippen LogP contribution in [-0.4, -0.2) is 41.2 Å². The zero-order valence-electron chi connectivity index (χ0n) is 18.8. The van der Waals surface area contributed by atoms with Gasteiger partial charge in [0.1, 0.15) is 18.0 Å². The summed E-state index contributed by atoms with van der Waals surface area (Å²) in [5.74, 6) is -1.37. The number of carbonyl (C=O) groups excluding carboxylic acids is 2. The van der Waals surface area contributed by atoms with E-state index in [0.717, 1.165) is 38.5 Å². The first-order valence-electron chi connectivity index (χ1n) is 11.2. The SMILES string of the molecule is CCCCC[C@@H](/C=C/[C@@H]1[C@H](O[N+](=O)[O-])CC(=O)[C@@H]1CCCCCCC(=O)OC)O[N+](=O)[O-]. The molecule has 1 fully saturated rings. The molecule has 0 unspecified atom stereocenters. The molecule has 0 N–H and O–H groups in total. The summed E-state index contributed by atoms with van der Waals surface area (Å²) >= 11 is 0. The average molecular weight is 459 g/mol. The summed E-state index contributed by atoms with van der Waals surface area (Å²) < 4.78 is 4.60. The maximum absolute atomic E-state index is 12.5. The van der Waals surface area contributed by atoms with Gasteiger partial charge in [0.25, 0.3) is 10.2 Å². The molecule has 0 aliphatic heterocycles. The molecule has 32 heavy (non-hydrogen) atoms. The normalized spacial score (nSPS) is 21.4. The fourth-order valence-electron chi connectivity index (χ4n) is 4.02. The van der Waals surface area contributed by atoms with Crippen LogP contribution in [0.15, 0.2) is 12.2 Å². The first kappa shape index (κ1) is 27.3. The molecular formula is C21H34N2O9. The number of unbranched alkanes of at least 4 members (excludes halogenated alkanes) is 5. The first-order valence-corrected chi connectivity index (χ1v) is 11.2. The van der Waals surface area contributed by atoms with Crippen molar-refractivity contribution in [1.29, 1.82) is 0 Å². The Hall–Kier alpha value is -2.72.